The number of hydrogen-bond donors (Lipinski definition) is 0. The fourth-order valence-electron chi connectivity index (χ4n) is 2.71. The van der Waals surface area contributed by atoms with Gasteiger partial charge in [-0.1, -0.05) is 17.7 Å². The molecule has 0 N–H and O–H groups in total. The first-order valence-corrected chi connectivity index (χ1v) is 7.75. The Balaban J connectivity index is 1.73. The van der Waals surface area contributed by atoms with Crippen LogP contribution in [0.25, 0.3) is 11.1 Å². The van der Waals surface area contributed by atoms with E-state index in [2.05, 4.69) is 16.9 Å². The molecule has 0 bridgehead atoms. The number of likely N-dealkylation sites (N-methyl/N-ethyl adjacent to an activating group) is 1. The predicted molar refractivity (Wildman–Crippen MR) is 85.8 cm³/mol. The number of halogens is 2. The minimum Gasteiger partial charge on any atom is -0.490 e. The monoisotopic (exact) mass is 320 g/mol. The van der Waals surface area contributed by atoms with Crippen molar-refractivity contribution in [2.24, 2.45) is 0 Å². The molecule has 1 saturated heterocycles. The third-order valence-electron chi connectivity index (χ3n) is 4.08. The summed E-state index contributed by atoms with van der Waals surface area (Å²) >= 11 is 5.83. The highest BCUT2D eigenvalue weighted by molar-refractivity contribution is 6.31. The van der Waals surface area contributed by atoms with Crippen molar-refractivity contribution in [3.8, 4) is 16.9 Å². The van der Waals surface area contributed by atoms with E-state index in [9.17, 15) is 4.39 Å². The van der Waals surface area contributed by atoms with Gasteiger partial charge in [0.25, 0.3) is 0 Å². The third-order valence-corrected chi connectivity index (χ3v) is 4.37. The quantitative estimate of drug-likeness (QED) is 0.851. The van der Waals surface area contributed by atoms with E-state index in [0.717, 1.165) is 29.8 Å². The van der Waals surface area contributed by atoms with E-state index < -0.39 is 5.82 Å². The number of hydrogen-bond acceptors (Lipinski definition) is 3. The van der Waals surface area contributed by atoms with Crippen LogP contribution in [-0.4, -0.2) is 36.1 Å². The molecule has 3 rings (SSSR count). The average Bonchev–Trinajstić information content (AvgIpc) is 2.93. The zero-order valence-electron chi connectivity index (χ0n) is 12.4. The third kappa shape index (κ3) is 3.39. The molecule has 1 aromatic carbocycles. The highest BCUT2D eigenvalue weighted by atomic mass is 35.5. The molecule has 0 aliphatic carbocycles. The second kappa shape index (κ2) is 6.63. The Morgan fingerprint density at radius 2 is 2.18 bits per heavy atom. The maximum atomic E-state index is 13.2. The lowest BCUT2D eigenvalue weighted by molar-refractivity contribution is 0.198. The van der Waals surface area contributed by atoms with E-state index in [-0.39, 0.29) is 5.02 Å². The molecular weight excluding hydrogens is 303 g/mol. The Kier molecular flexibility index (Phi) is 4.60. The fourth-order valence-corrected chi connectivity index (χ4v) is 2.89. The number of pyridine rings is 1. The van der Waals surface area contributed by atoms with Gasteiger partial charge in [0.15, 0.2) is 0 Å². The van der Waals surface area contributed by atoms with E-state index in [0.29, 0.717) is 12.6 Å². The molecule has 3 nitrogen and oxygen atoms in total. The van der Waals surface area contributed by atoms with Crippen LogP contribution in [0.3, 0.4) is 0 Å². The van der Waals surface area contributed by atoms with Gasteiger partial charge in [-0.2, -0.15) is 0 Å². The molecule has 1 aliphatic heterocycles. The van der Waals surface area contributed by atoms with Gasteiger partial charge in [0.1, 0.15) is 18.2 Å². The molecule has 22 heavy (non-hydrogen) atoms. The van der Waals surface area contributed by atoms with Gasteiger partial charge >= 0.3 is 0 Å². The van der Waals surface area contributed by atoms with Crippen LogP contribution in [0, 0.1) is 5.82 Å². The Hall–Kier alpha value is -1.65. The van der Waals surface area contributed by atoms with Crippen LogP contribution >= 0.6 is 11.6 Å². The lowest BCUT2D eigenvalue weighted by atomic mass is 10.1. The Morgan fingerprint density at radius 1 is 1.32 bits per heavy atom. The molecule has 1 aliphatic rings. The van der Waals surface area contributed by atoms with Gasteiger partial charge in [-0.3, -0.25) is 4.98 Å². The van der Waals surface area contributed by atoms with Crippen molar-refractivity contribution in [1.82, 2.24) is 9.88 Å². The summed E-state index contributed by atoms with van der Waals surface area (Å²) in [7, 11) is 2.12. The van der Waals surface area contributed by atoms with Gasteiger partial charge in [0, 0.05) is 17.8 Å². The van der Waals surface area contributed by atoms with Gasteiger partial charge in [-0.15, -0.1) is 0 Å². The lowest BCUT2D eigenvalue weighted by Gasteiger charge is -2.19. The first-order valence-electron chi connectivity index (χ1n) is 7.37. The van der Waals surface area contributed by atoms with Crippen molar-refractivity contribution in [3.63, 3.8) is 0 Å². The maximum Gasteiger partial charge on any atom is 0.141 e. The topological polar surface area (TPSA) is 25.4 Å². The molecule has 5 heteroatoms. The van der Waals surface area contributed by atoms with Crippen LogP contribution in [0.2, 0.25) is 5.02 Å². The molecule has 116 valence electrons. The van der Waals surface area contributed by atoms with E-state index >= 15 is 0 Å². The molecule has 0 amide bonds. The number of nitrogens with zero attached hydrogens (tertiary/aromatic N) is 2. The van der Waals surface area contributed by atoms with E-state index in [4.69, 9.17) is 16.3 Å². The highest BCUT2D eigenvalue weighted by Gasteiger charge is 2.21. The van der Waals surface area contributed by atoms with Crippen molar-refractivity contribution in [2.75, 3.05) is 20.2 Å². The van der Waals surface area contributed by atoms with Crippen LogP contribution in [0.5, 0.6) is 5.75 Å². The molecule has 0 saturated carbocycles. The number of likely N-dealkylation sites (tertiary alicyclic amines) is 1. The summed E-state index contributed by atoms with van der Waals surface area (Å²) < 4.78 is 19.1. The predicted octanol–water partition coefficient (Wildman–Crippen LogP) is 4.01. The number of ether oxygens (including phenoxy) is 1. The first-order chi connectivity index (χ1) is 10.6. The fraction of sp³-hybridized carbons (Fsp3) is 0.353. The zero-order valence-corrected chi connectivity index (χ0v) is 13.2. The van der Waals surface area contributed by atoms with Crippen LogP contribution in [0.1, 0.15) is 12.8 Å². The average molecular weight is 321 g/mol. The number of rotatable bonds is 4. The van der Waals surface area contributed by atoms with Gasteiger partial charge in [0.2, 0.25) is 0 Å². The van der Waals surface area contributed by atoms with Crippen molar-refractivity contribution in [2.45, 2.75) is 18.9 Å². The standard InChI is InChI=1S/C17H18ClFN2O/c1-21-6-2-3-14(21)11-22-15-7-13(9-20-10-15)12-4-5-17(19)16(18)8-12/h4-5,7-10,14H,2-3,6,11H2,1H3/t14-/m0/s1. The summed E-state index contributed by atoms with van der Waals surface area (Å²) in [5.74, 6) is 0.299. The number of benzene rings is 1. The maximum absolute atomic E-state index is 13.2. The van der Waals surface area contributed by atoms with Crippen molar-refractivity contribution in [1.29, 1.82) is 0 Å². The van der Waals surface area contributed by atoms with Crippen molar-refractivity contribution < 1.29 is 9.13 Å². The Bertz CT molecular complexity index is 665. The van der Waals surface area contributed by atoms with Gasteiger partial charge in [-0.25, -0.2) is 4.39 Å². The van der Waals surface area contributed by atoms with Crippen molar-refractivity contribution >= 4 is 11.6 Å². The minimum atomic E-state index is -0.421. The molecule has 0 radical (unpaired) electrons. The zero-order chi connectivity index (χ0) is 15.5. The molecule has 1 aromatic heterocycles. The molecule has 2 aromatic rings. The summed E-state index contributed by atoms with van der Waals surface area (Å²) in [6.07, 6.45) is 5.80. The summed E-state index contributed by atoms with van der Waals surface area (Å²) in [4.78, 5) is 6.52. The largest absolute Gasteiger partial charge is 0.490 e. The Morgan fingerprint density at radius 3 is 2.91 bits per heavy atom. The van der Waals surface area contributed by atoms with Gasteiger partial charge in [0.05, 0.1) is 11.2 Å². The van der Waals surface area contributed by atoms with Crippen LogP contribution < -0.4 is 4.74 Å². The molecule has 0 unspecified atom stereocenters. The lowest BCUT2D eigenvalue weighted by Crippen LogP contribution is -2.30. The molecule has 0 spiro atoms. The van der Waals surface area contributed by atoms with E-state index in [1.54, 1.807) is 24.5 Å². The summed E-state index contributed by atoms with van der Waals surface area (Å²) in [5.41, 5.74) is 1.68. The first kappa shape index (κ1) is 15.3. The minimum absolute atomic E-state index is 0.108. The SMILES string of the molecule is CN1CCC[C@H]1COc1cncc(-c2ccc(F)c(Cl)c2)c1. The second-order valence-electron chi connectivity index (χ2n) is 5.63. The second-order valence-corrected chi connectivity index (χ2v) is 6.03. The van der Waals surface area contributed by atoms with Crippen LogP contribution in [-0.2, 0) is 0 Å². The number of aromatic nitrogens is 1. The summed E-state index contributed by atoms with van der Waals surface area (Å²) in [6, 6.07) is 7.02. The van der Waals surface area contributed by atoms with Crippen LogP contribution in [0.4, 0.5) is 4.39 Å². The van der Waals surface area contributed by atoms with Gasteiger partial charge < -0.3 is 9.64 Å². The van der Waals surface area contributed by atoms with E-state index in [1.807, 2.05) is 6.07 Å². The normalized spacial score (nSPS) is 18.6. The van der Waals surface area contributed by atoms with E-state index in [1.165, 1.54) is 12.5 Å². The van der Waals surface area contributed by atoms with Gasteiger partial charge in [-0.05, 0) is 50.2 Å². The highest BCUT2D eigenvalue weighted by Crippen LogP contribution is 2.27. The molecule has 1 fully saturated rings. The molecule has 2 heterocycles. The summed E-state index contributed by atoms with van der Waals surface area (Å²) in [5, 5.41) is 0.108. The molecular formula is C17H18ClFN2O. The Labute approximate surface area is 134 Å². The summed E-state index contributed by atoms with van der Waals surface area (Å²) in [6.45, 7) is 1.78. The smallest absolute Gasteiger partial charge is 0.141 e. The van der Waals surface area contributed by atoms with Crippen molar-refractivity contribution in [3.05, 3.63) is 47.5 Å². The molecule has 1 atom stereocenters. The van der Waals surface area contributed by atoms with Crippen LogP contribution in [0.15, 0.2) is 36.7 Å².